The Bertz CT molecular complexity index is 679. The monoisotopic (exact) mass is 353 g/mol. The second kappa shape index (κ2) is 8.47. The first-order chi connectivity index (χ1) is 11.0. The average Bonchev–Trinajstić information content (AvgIpc) is 3.06. The van der Waals surface area contributed by atoms with Crippen LogP contribution in [-0.2, 0) is 23.0 Å². The van der Waals surface area contributed by atoms with E-state index in [1.54, 1.807) is 22.8 Å². The summed E-state index contributed by atoms with van der Waals surface area (Å²) in [5, 5.41) is 3.98. The van der Waals surface area contributed by atoms with Crippen LogP contribution in [0, 0.1) is 0 Å². The zero-order valence-corrected chi connectivity index (χ0v) is 15.2. The Labute approximate surface area is 142 Å². The van der Waals surface area contributed by atoms with Gasteiger partial charge < -0.3 is 4.74 Å². The van der Waals surface area contributed by atoms with Crippen molar-refractivity contribution < 1.29 is 13.2 Å². The lowest BCUT2D eigenvalue weighted by molar-refractivity contribution is 0.406. The van der Waals surface area contributed by atoms with E-state index in [1.165, 1.54) is 0 Å². The number of rotatable bonds is 9. The second-order valence-corrected chi connectivity index (χ2v) is 8.25. The molecule has 0 spiro atoms. The molecule has 0 atom stereocenters. The van der Waals surface area contributed by atoms with E-state index in [0.717, 1.165) is 23.3 Å². The van der Waals surface area contributed by atoms with Crippen LogP contribution in [0.2, 0.25) is 0 Å². The molecule has 0 bridgehead atoms. The van der Waals surface area contributed by atoms with Gasteiger partial charge in [-0.05, 0) is 52.9 Å². The van der Waals surface area contributed by atoms with Crippen LogP contribution in [0.3, 0.4) is 0 Å². The van der Waals surface area contributed by atoms with Gasteiger partial charge in [0.05, 0.1) is 12.9 Å². The van der Waals surface area contributed by atoms with Crippen LogP contribution >= 0.6 is 11.3 Å². The van der Waals surface area contributed by atoms with Gasteiger partial charge in [-0.1, -0.05) is 19.1 Å². The van der Waals surface area contributed by atoms with Crippen LogP contribution in [0.25, 0.3) is 0 Å². The molecule has 0 radical (unpaired) electrons. The van der Waals surface area contributed by atoms with Crippen LogP contribution in [-0.4, -0.2) is 32.1 Å². The van der Waals surface area contributed by atoms with Gasteiger partial charge in [0.15, 0.2) is 0 Å². The summed E-state index contributed by atoms with van der Waals surface area (Å²) in [6.45, 7) is 3.02. The number of ether oxygens (including phenoxy) is 1. The van der Waals surface area contributed by atoms with E-state index < -0.39 is 10.0 Å². The summed E-state index contributed by atoms with van der Waals surface area (Å²) in [5.41, 5.74) is 2.05. The third kappa shape index (κ3) is 5.34. The highest BCUT2D eigenvalue weighted by atomic mass is 32.2. The molecule has 0 aliphatic carbocycles. The minimum Gasteiger partial charge on any atom is -0.497 e. The first kappa shape index (κ1) is 18.0. The highest BCUT2D eigenvalue weighted by molar-refractivity contribution is 7.89. The molecule has 1 aromatic heterocycles. The van der Waals surface area contributed by atoms with Crippen molar-refractivity contribution in [2.24, 2.45) is 0 Å². The zero-order chi connectivity index (χ0) is 16.7. The molecule has 0 amide bonds. The molecule has 1 aromatic carbocycles. The maximum atomic E-state index is 12.6. The largest absolute Gasteiger partial charge is 0.497 e. The summed E-state index contributed by atoms with van der Waals surface area (Å²) in [6.07, 6.45) is 1.32. The molecule has 4 nitrogen and oxygen atoms in total. The van der Waals surface area contributed by atoms with Crippen molar-refractivity contribution in [2.45, 2.75) is 26.3 Å². The van der Waals surface area contributed by atoms with Crippen molar-refractivity contribution in [2.75, 3.05) is 19.4 Å². The van der Waals surface area contributed by atoms with Gasteiger partial charge in [-0.2, -0.15) is 15.6 Å². The standard InChI is InChI=1S/C17H23NO3S2/c1-3-10-18(13-16-8-11-22-14-16)23(19,20)12-9-15-4-6-17(21-2)7-5-15/h4-8,11,14H,3,9-10,12-13H2,1-2H3. The summed E-state index contributed by atoms with van der Waals surface area (Å²) in [4.78, 5) is 0. The number of hydrogen-bond donors (Lipinski definition) is 0. The molecule has 126 valence electrons. The van der Waals surface area contributed by atoms with Gasteiger partial charge >= 0.3 is 0 Å². The van der Waals surface area contributed by atoms with Crippen molar-refractivity contribution in [3.8, 4) is 5.75 Å². The summed E-state index contributed by atoms with van der Waals surface area (Å²) in [6, 6.07) is 9.52. The second-order valence-electron chi connectivity index (χ2n) is 5.38. The van der Waals surface area contributed by atoms with E-state index in [9.17, 15) is 8.42 Å². The predicted octanol–water partition coefficient (Wildman–Crippen LogP) is 3.54. The molecule has 0 saturated carbocycles. The molecule has 0 unspecified atom stereocenters. The first-order valence-corrected chi connectivity index (χ1v) is 10.2. The topological polar surface area (TPSA) is 46.6 Å². The minimum absolute atomic E-state index is 0.128. The number of sulfonamides is 1. The number of hydrogen-bond acceptors (Lipinski definition) is 4. The lowest BCUT2D eigenvalue weighted by Crippen LogP contribution is -2.33. The fourth-order valence-corrected chi connectivity index (χ4v) is 4.54. The van der Waals surface area contributed by atoms with Crippen LogP contribution in [0.15, 0.2) is 41.1 Å². The van der Waals surface area contributed by atoms with E-state index in [4.69, 9.17) is 4.74 Å². The van der Waals surface area contributed by atoms with Crippen molar-refractivity contribution in [1.82, 2.24) is 4.31 Å². The molecule has 6 heteroatoms. The Morgan fingerprint density at radius 3 is 2.43 bits per heavy atom. The Hall–Kier alpha value is -1.37. The van der Waals surface area contributed by atoms with Crippen molar-refractivity contribution in [1.29, 1.82) is 0 Å². The van der Waals surface area contributed by atoms with E-state index in [2.05, 4.69) is 0 Å². The maximum Gasteiger partial charge on any atom is 0.214 e. The van der Waals surface area contributed by atoms with Crippen LogP contribution < -0.4 is 4.74 Å². The molecule has 2 rings (SSSR count). The summed E-state index contributed by atoms with van der Waals surface area (Å²) >= 11 is 1.59. The smallest absolute Gasteiger partial charge is 0.214 e. The highest BCUT2D eigenvalue weighted by Gasteiger charge is 2.21. The fraction of sp³-hybridized carbons (Fsp3) is 0.412. The molecule has 23 heavy (non-hydrogen) atoms. The van der Waals surface area contributed by atoms with Gasteiger partial charge in [0, 0.05) is 13.1 Å². The molecule has 0 N–H and O–H groups in total. The third-order valence-electron chi connectivity index (χ3n) is 3.61. The van der Waals surface area contributed by atoms with Crippen LogP contribution in [0.4, 0.5) is 0 Å². The van der Waals surface area contributed by atoms with Gasteiger partial charge in [0.2, 0.25) is 10.0 Å². The van der Waals surface area contributed by atoms with Gasteiger partial charge in [0.25, 0.3) is 0 Å². The Morgan fingerprint density at radius 1 is 1.13 bits per heavy atom. The maximum absolute atomic E-state index is 12.6. The normalized spacial score (nSPS) is 11.8. The first-order valence-electron chi connectivity index (χ1n) is 7.67. The molecule has 2 aromatic rings. The average molecular weight is 354 g/mol. The van der Waals surface area contributed by atoms with E-state index in [-0.39, 0.29) is 5.75 Å². The summed E-state index contributed by atoms with van der Waals surface area (Å²) < 4.78 is 32.0. The molecule has 0 aliphatic rings. The number of benzene rings is 1. The highest BCUT2D eigenvalue weighted by Crippen LogP contribution is 2.16. The van der Waals surface area contributed by atoms with E-state index in [1.807, 2.05) is 48.0 Å². The van der Waals surface area contributed by atoms with Gasteiger partial charge in [0.1, 0.15) is 5.75 Å². The van der Waals surface area contributed by atoms with E-state index >= 15 is 0 Å². The van der Waals surface area contributed by atoms with Crippen molar-refractivity contribution >= 4 is 21.4 Å². The Balaban J connectivity index is 2.01. The third-order valence-corrected chi connectivity index (χ3v) is 6.16. The molecule has 0 aliphatic heterocycles. The minimum atomic E-state index is -3.27. The van der Waals surface area contributed by atoms with Crippen molar-refractivity contribution in [3.05, 3.63) is 52.2 Å². The Kier molecular flexibility index (Phi) is 6.62. The SMILES string of the molecule is CCCN(Cc1ccsc1)S(=O)(=O)CCc1ccc(OC)cc1. The van der Waals surface area contributed by atoms with Gasteiger partial charge in [-0.25, -0.2) is 8.42 Å². The molecular formula is C17H23NO3S2. The van der Waals surface area contributed by atoms with Gasteiger partial charge in [-0.3, -0.25) is 0 Å². The zero-order valence-electron chi connectivity index (χ0n) is 13.6. The number of aryl methyl sites for hydroxylation is 1. The molecule has 1 heterocycles. The lowest BCUT2D eigenvalue weighted by Gasteiger charge is -2.21. The number of thiophene rings is 1. The quantitative estimate of drug-likeness (QED) is 0.693. The van der Waals surface area contributed by atoms with Crippen LogP contribution in [0.1, 0.15) is 24.5 Å². The number of nitrogens with zero attached hydrogens (tertiary/aromatic N) is 1. The Morgan fingerprint density at radius 2 is 1.87 bits per heavy atom. The predicted molar refractivity (Wildman–Crippen MR) is 95.5 cm³/mol. The van der Waals surface area contributed by atoms with E-state index in [0.29, 0.717) is 19.5 Å². The molecular weight excluding hydrogens is 330 g/mol. The summed E-state index contributed by atoms with van der Waals surface area (Å²) in [7, 11) is -1.65. The fourth-order valence-electron chi connectivity index (χ4n) is 2.32. The molecule has 0 saturated heterocycles. The van der Waals surface area contributed by atoms with Crippen molar-refractivity contribution in [3.63, 3.8) is 0 Å². The summed E-state index contributed by atoms with van der Waals surface area (Å²) in [5.74, 6) is 0.908. The lowest BCUT2D eigenvalue weighted by atomic mass is 10.2. The van der Waals surface area contributed by atoms with Gasteiger partial charge in [-0.15, -0.1) is 0 Å². The molecule has 0 fully saturated rings. The number of methoxy groups -OCH3 is 1. The van der Waals surface area contributed by atoms with Crippen LogP contribution in [0.5, 0.6) is 5.75 Å².